The molecule has 36 heavy (non-hydrogen) atoms. The highest BCUT2D eigenvalue weighted by molar-refractivity contribution is 6.00. The van der Waals surface area contributed by atoms with E-state index in [2.05, 4.69) is 15.5 Å². The molecule has 8 heteroatoms. The summed E-state index contributed by atoms with van der Waals surface area (Å²) in [6, 6.07) is 6.20. The summed E-state index contributed by atoms with van der Waals surface area (Å²) in [6.45, 7) is 4.54. The van der Waals surface area contributed by atoms with Gasteiger partial charge in [0.2, 0.25) is 0 Å². The Morgan fingerprint density at radius 2 is 1.78 bits per heavy atom. The summed E-state index contributed by atoms with van der Waals surface area (Å²) in [6.07, 6.45) is 2.03. The number of fused-ring (bicyclic) bond motifs is 3. The average Bonchev–Trinajstić information content (AvgIpc) is 2.79. The second kappa shape index (κ2) is 8.75. The molecule has 6 fully saturated rings. The van der Waals surface area contributed by atoms with Crippen LogP contribution in [0.25, 0.3) is 0 Å². The molecule has 2 aromatic carbocycles. The highest BCUT2D eigenvalue weighted by atomic mass is 19.3. The van der Waals surface area contributed by atoms with E-state index in [-0.39, 0.29) is 22.8 Å². The number of piperidine rings is 3. The number of carbonyl (C=O) groups is 1. The largest absolute Gasteiger partial charge is 0.380 e. The fourth-order valence-electron chi connectivity index (χ4n) is 6.85. The van der Waals surface area contributed by atoms with Gasteiger partial charge in [-0.05, 0) is 87.1 Å². The molecule has 2 aromatic rings. The lowest BCUT2D eigenvalue weighted by Crippen LogP contribution is -2.55. The third-order valence-corrected chi connectivity index (χ3v) is 9.07. The molecule has 2 N–H and O–H groups in total. The summed E-state index contributed by atoms with van der Waals surface area (Å²) in [5.74, 6) is -0.662. The molecule has 4 nitrogen and oxygen atoms in total. The van der Waals surface area contributed by atoms with Gasteiger partial charge in [-0.15, -0.1) is 0 Å². The summed E-state index contributed by atoms with van der Waals surface area (Å²) >= 11 is 0. The Morgan fingerprint density at radius 3 is 2.36 bits per heavy atom. The second-order valence-corrected chi connectivity index (χ2v) is 11.3. The minimum atomic E-state index is -2.95. The Bertz CT molecular complexity index is 1180. The molecule has 1 amide bonds. The standard InChI is InChI=1S/C28H31F4N3O/c1-15(18-3-2-4-19(25(18)30)26(31)32)33-27(36)20-9-21(28-11-16(12-28)13-28)22(29)10-23(20)34-24-14-35-7-5-17(24)6-8-35/h2-4,9-10,15-17,24,26,34H,5-8,11-14H2,1H3,(H,33,36)/t15-,16?,24-,28?/m1/s1. The van der Waals surface area contributed by atoms with Crippen LogP contribution in [-0.2, 0) is 5.41 Å². The topological polar surface area (TPSA) is 44.4 Å². The van der Waals surface area contributed by atoms with Crippen LogP contribution in [0.1, 0.15) is 78.5 Å². The van der Waals surface area contributed by atoms with Crippen LogP contribution in [0.5, 0.6) is 0 Å². The molecule has 4 bridgehead atoms. The molecule has 3 aliphatic heterocycles. The average molecular weight is 502 g/mol. The van der Waals surface area contributed by atoms with Crippen LogP contribution in [-0.4, -0.2) is 36.5 Å². The predicted octanol–water partition coefficient (Wildman–Crippen LogP) is 5.95. The Kier molecular flexibility index (Phi) is 5.78. The van der Waals surface area contributed by atoms with E-state index in [0.717, 1.165) is 57.8 Å². The van der Waals surface area contributed by atoms with Gasteiger partial charge < -0.3 is 15.5 Å². The third-order valence-electron chi connectivity index (χ3n) is 9.07. The lowest BCUT2D eigenvalue weighted by atomic mass is 9.42. The maximum absolute atomic E-state index is 15.4. The van der Waals surface area contributed by atoms with Crippen molar-refractivity contribution < 1.29 is 22.4 Å². The molecule has 0 spiro atoms. The minimum absolute atomic E-state index is 0.00481. The first kappa shape index (κ1) is 23.8. The number of rotatable bonds is 7. The fraction of sp³-hybridized carbons (Fsp3) is 0.536. The number of hydrogen-bond acceptors (Lipinski definition) is 3. The van der Waals surface area contributed by atoms with E-state index < -0.39 is 29.8 Å². The Balaban J connectivity index is 1.30. The van der Waals surface area contributed by atoms with Crippen molar-refractivity contribution in [2.45, 2.75) is 63.0 Å². The highest BCUT2D eigenvalue weighted by Gasteiger charge is 2.58. The number of hydrogen-bond donors (Lipinski definition) is 2. The number of carbonyl (C=O) groups excluding carboxylic acids is 1. The number of alkyl halides is 2. The van der Waals surface area contributed by atoms with E-state index in [1.807, 2.05) is 0 Å². The van der Waals surface area contributed by atoms with E-state index in [4.69, 9.17) is 0 Å². The number of anilines is 1. The molecule has 3 saturated heterocycles. The maximum Gasteiger partial charge on any atom is 0.266 e. The van der Waals surface area contributed by atoms with E-state index in [9.17, 15) is 18.0 Å². The molecule has 192 valence electrons. The van der Waals surface area contributed by atoms with Crippen LogP contribution >= 0.6 is 0 Å². The molecular formula is C28H31F4N3O. The lowest BCUT2D eigenvalue weighted by Gasteiger charge is -2.62. The Labute approximate surface area is 208 Å². The van der Waals surface area contributed by atoms with Crippen molar-refractivity contribution in [3.05, 3.63) is 64.2 Å². The number of amides is 1. The normalized spacial score (nSPS) is 30.9. The van der Waals surface area contributed by atoms with Gasteiger partial charge in [0.1, 0.15) is 11.6 Å². The van der Waals surface area contributed by atoms with Gasteiger partial charge in [0, 0.05) is 18.2 Å². The molecule has 3 saturated carbocycles. The minimum Gasteiger partial charge on any atom is -0.380 e. The number of benzene rings is 2. The van der Waals surface area contributed by atoms with Gasteiger partial charge in [-0.25, -0.2) is 17.6 Å². The van der Waals surface area contributed by atoms with E-state index in [1.54, 1.807) is 13.0 Å². The van der Waals surface area contributed by atoms with Gasteiger partial charge in [0.25, 0.3) is 12.3 Å². The van der Waals surface area contributed by atoms with Crippen LogP contribution < -0.4 is 10.6 Å². The van der Waals surface area contributed by atoms with E-state index in [0.29, 0.717) is 28.7 Å². The van der Waals surface area contributed by atoms with Crippen LogP contribution in [0.15, 0.2) is 30.3 Å². The smallest absolute Gasteiger partial charge is 0.266 e. The predicted molar refractivity (Wildman–Crippen MR) is 129 cm³/mol. The zero-order chi connectivity index (χ0) is 25.2. The van der Waals surface area contributed by atoms with Crippen LogP contribution in [0.4, 0.5) is 23.2 Å². The molecule has 2 atom stereocenters. The molecule has 6 aliphatic rings. The number of halogens is 4. The zero-order valence-electron chi connectivity index (χ0n) is 20.3. The fourth-order valence-corrected chi connectivity index (χ4v) is 6.85. The summed E-state index contributed by atoms with van der Waals surface area (Å²) in [5.41, 5.74) is 0.466. The van der Waals surface area contributed by atoms with Crippen LogP contribution in [0.2, 0.25) is 0 Å². The molecule has 3 aliphatic carbocycles. The van der Waals surface area contributed by atoms with Crippen molar-refractivity contribution in [1.29, 1.82) is 0 Å². The first-order valence-corrected chi connectivity index (χ1v) is 12.9. The van der Waals surface area contributed by atoms with E-state index >= 15 is 4.39 Å². The van der Waals surface area contributed by atoms with Crippen molar-refractivity contribution in [2.75, 3.05) is 25.0 Å². The van der Waals surface area contributed by atoms with Gasteiger partial charge in [-0.1, -0.05) is 18.2 Å². The summed E-state index contributed by atoms with van der Waals surface area (Å²) in [7, 11) is 0. The van der Waals surface area contributed by atoms with E-state index in [1.165, 1.54) is 18.2 Å². The maximum atomic E-state index is 15.4. The van der Waals surface area contributed by atoms with Crippen molar-refractivity contribution in [3.63, 3.8) is 0 Å². The van der Waals surface area contributed by atoms with Gasteiger partial charge >= 0.3 is 0 Å². The zero-order valence-corrected chi connectivity index (χ0v) is 20.3. The molecule has 3 heterocycles. The monoisotopic (exact) mass is 501 g/mol. The van der Waals surface area contributed by atoms with Gasteiger partial charge in [0.15, 0.2) is 0 Å². The summed E-state index contributed by atoms with van der Waals surface area (Å²) < 4.78 is 56.5. The van der Waals surface area contributed by atoms with Crippen molar-refractivity contribution in [1.82, 2.24) is 10.2 Å². The lowest BCUT2D eigenvalue weighted by molar-refractivity contribution is -0.0300. The number of nitrogens with one attached hydrogen (secondary N) is 2. The SMILES string of the molecule is C[C@@H](NC(=O)c1cc(C23CC(C2)C3)c(F)cc1N[C@@H]1CN2CCC1CC2)c1cccc(C(F)F)c1F. The summed E-state index contributed by atoms with van der Waals surface area (Å²) in [4.78, 5) is 15.9. The number of nitrogens with zero attached hydrogens (tertiary/aromatic N) is 1. The quantitative estimate of drug-likeness (QED) is 0.461. The van der Waals surface area contributed by atoms with Gasteiger partial charge in [-0.2, -0.15) is 0 Å². The third kappa shape index (κ3) is 3.88. The molecule has 0 radical (unpaired) electrons. The second-order valence-electron chi connectivity index (χ2n) is 11.3. The molecule has 8 rings (SSSR count). The Hall–Kier alpha value is -2.61. The van der Waals surface area contributed by atoms with Crippen molar-refractivity contribution in [3.8, 4) is 0 Å². The molecule has 0 unspecified atom stereocenters. The van der Waals surface area contributed by atoms with Gasteiger partial charge in [0.05, 0.1) is 22.9 Å². The van der Waals surface area contributed by atoms with Crippen LogP contribution in [0.3, 0.4) is 0 Å². The van der Waals surface area contributed by atoms with Crippen molar-refractivity contribution >= 4 is 11.6 Å². The van der Waals surface area contributed by atoms with Gasteiger partial charge in [-0.3, -0.25) is 4.79 Å². The Morgan fingerprint density at radius 1 is 1.08 bits per heavy atom. The first-order valence-electron chi connectivity index (χ1n) is 12.9. The van der Waals surface area contributed by atoms with Crippen molar-refractivity contribution in [2.24, 2.45) is 11.8 Å². The first-order chi connectivity index (χ1) is 17.2. The molecular weight excluding hydrogens is 470 g/mol. The highest BCUT2D eigenvalue weighted by Crippen LogP contribution is 2.65. The van der Waals surface area contributed by atoms with Crippen LogP contribution in [0, 0.1) is 23.5 Å². The molecule has 0 aromatic heterocycles. The summed E-state index contributed by atoms with van der Waals surface area (Å²) in [5, 5.41) is 6.24.